The number of piperazine rings is 1. The first kappa shape index (κ1) is 27.4. The summed E-state index contributed by atoms with van der Waals surface area (Å²) in [6, 6.07) is 12.4. The molecular weight excluding hydrogens is 477 g/mol. The highest BCUT2D eigenvalue weighted by Crippen LogP contribution is 2.16. The van der Waals surface area contributed by atoms with Gasteiger partial charge in [0, 0.05) is 57.2 Å². The molecule has 0 amide bonds. The van der Waals surface area contributed by atoms with E-state index in [4.69, 9.17) is 5.11 Å². The Kier molecular flexibility index (Phi) is 9.73. The van der Waals surface area contributed by atoms with E-state index < -0.39 is 5.97 Å². The van der Waals surface area contributed by atoms with Gasteiger partial charge in [-0.3, -0.25) is 14.4 Å². The van der Waals surface area contributed by atoms with Crippen LogP contribution in [0.25, 0.3) is 5.69 Å². The Morgan fingerprint density at radius 1 is 0.971 bits per heavy atom. The summed E-state index contributed by atoms with van der Waals surface area (Å²) in [5, 5.41) is 9.12. The van der Waals surface area contributed by atoms with E-state index in [9.17, 15) is 9.59 Å². The number of aromatic carboxylic acids is 1. The first-order valence-corrected chi connectivity index (χ1v) is 11.0. The molecule has 2 aromatic heterocycles. The molecule has 0 aliphatic carbocycles. The van der Waals surface area contributed by atoms with Gasteiger partial charge in [0.1, 0.15) is 5.82 Å². The molecular formula is C24H31Cl2N5O3. The number of nitrogens with zero attached hydrogens (tertiary/aromatic N) is 5. The van der Waals surface area contributed by atoms with Crippen molar-refractivity contribution in [2.45, 2.75) is 26.8 Å². The summed E-state index contributed by atoms with van der Waals surface area (Å²) in [5.74, 6) is 0.0786. The van der Waals surface area contributed by atoms with E-state index in [0.29, 0.717) is 6.54 Å². The van der Waals surface area contributed by atoms with Crippen molar-refractivity contribution in [1.29, 1.82) is 0 Å². The molecule has 1 aliphatic heterocycles. The highest BCUT2D eigenvalue weighted by Gasteiger charge is 2.18. The fourth-order valence-corrected chi connectivity index (χ4v) is 4.24. The smallest absolute Gasteiger partial charge is 0.335 e. The summed E-state index contributed by atoms with van der Waals surface area (Å²) < 4.78 is 3.60. The van der Waals surface area contributed by atoms with Crippen molar-refractivity contribution >= 4 is 36.6 Å². The van der Waals surface area contributed by atoms with Crippen LogP contribution in [0.1, 0.15) is 28.0 Å². The number of aryl methyl sites for hydroxylation is 2. The topological polar surface area (TPSA) is 83.6 Å². The van der Waals surface area contributed by atoms with E-state index in [0.717, 1.165) is 56.3 Å². The van der Waals surface area contributed by atoms with Gasteiger partial charge in [0.2, 0.25) is 0 Å². The van der Waals surface area contributed by atoms with Gasteiger partial charge in [0.05, 0.1) is 11.3 Å². The van der Waals surface area contributed by atoms with Crippen molar-refractivity contribution < 1.29 is 9.90 Å². The van der Waals surface area contributed by atoms with Gasteiger partial charge in [-0.25, -0.2) is 14.5 Å². The molecule has 4 rings (SSSR count). The van der Waals surface area contributed by atoms with E-state index in [1.807, 2.05) is 23.9 Å². The lowest BCUT2D eigenvalue weighted by Crippen LogP contribution is -2.47. The zero-order valence-electron chi connectivity index (χ0n) is 19.4. The van der Waals surface area contributed by atoms with Crippen molar-refractivity contribution in [3.63, 3.8) is 0 Å². The summed E-state index contributed by atoms with van der Waals surface area (Å²) in [6.45, 7) is 9.34. The van der Waals surface area contributed by atoms with Gasteiger partial charge in [0.15, 0.2) is 0 Å². The van der Waals surface area contributed by atoms with Crippen LogP contribution in [0.15, 0.2) is 53.5 Å². The predicted octanol–water partition coefficient (Wildman–Crippen LogP) is 3.40. The highest BCUT2D eigenvalue weighted by atomic mass is 35.5. The first-order chi connectivity index (χ1) is 15.4. The molecule has 1 saturated heterocycles. The normalized spacial score (nSPS) is 13.8. The molecule has 0 spiro atoms. The van der Waals surface area contributed by atoms with Crippen LogP contribution in [0.5, 0.6) is 0 Å². The minimum absolute atomic E-state index is 0. The van der Waals surface area contributed by atoms with E-state index in [2.05, 4.69) is 27.8 Å². The Bertz CT molecular complexity index is 1150. The van der Waals surface area contributed by atoms with Gasteiger partial charge in [-0.1, -0.05) is 0 Å². The second-order valence-electron chi connectivity index (χ2n) is 8.28. The number of pyridine rings is 1. The molecule has 184 valence electrons. The number of carboxylic acid groups (broad SMARTS) is 1. The molecule has 34 heavy (non-hydrogen) atoms. The minimum atomic E-state index is -0.962. The Morgan fingerprint density at radius 2 is 1.65 bits per heavy atom. The van der Waals surface area contributed by atoms with Crippen LogP contribution in [0.4, 0.5) is 5.82 Å². The Morgan fingerprint density at radius 3 is 2.26 bits per heavy atom. The molecule has 0 bridgehead atoms. The average Bonchev–Trinajstić information content (AvgIpc) is 3.07. The third kappa shape index (κ3) is 6.20. The average molecular weight is 508 g/mol. The Balaban J connectivity index is 0.00000204. The number of aromatic nitrogens is 3. The number of halogens is 2. The Hall–Kier alpha value is -2.81. The monoisotopic (exact) mass is 507 g/mol. The predicted molar refractivity (Wildman–Crippen MR) is 138 cm³/mol. The van der Waals surface area contributed by atoms with Crippen LogP contribution >= 0.6 is 24.8 Å². The van der Waals surface area contributed by atoms with Crippen molar-refractivity contribution in [1.82, 2.24) is 19.2 Å². The number of benzene rings is 1. The molecule has 0 saturated carbocycles. The molecule has 3 aromatic rings. The molecule has 3 heterocycles. The lowest BCUT2D eigenvalue weighted by Gasteiger charge is -2.35. The number of rotatable bonds is 7. The number of hydrogen-bond acceptors (Lipinski definition) is 5. The van der Waals surface area contributed by atoms with Gasteiger partial charge in [0.25, 0.3) is 5.56 Å². The van der Waals surface area contributed by atoms with Crippen LogP contribution in [-0.4, -0.2) is 63.0 Å². The molecule has 0 atom stereocenters. The summed E-state index contributed by atoms with van der Waals surface area (Å²) in [7, 11) is 0. The van der Waals surface area contributed by atoms with Crippen LogP contribution in [0, 0.1) is 13.8 Å². The molecule has 8 nitrogen and oxygen atoms in total. The van der Waals surface area contributed by atoms with Gasteiger partial charge in [-0.15, -0.1) is 24.8 Å². The first-order valence-electron chi connectivity index (χ1n) is 11.0. The minimum Gasteiger partial charge on any atom is -0.478 e. The third-order valence-electron chi connectivity index (χ3n) is 5.96. The largest absolute Gasteiger partial charge is 0.478 e. The zero-order chi connectivity index (χ0) is 22.7. The maximum Gasteiger partial charge on any atom is 0.335 e. The summed E-state index contributed by atoms with van der Waals surface area (Å²) in [6.07, 6.45) is 2.72. The molecule has 0 radical (unpaired) electrons. The Labute approximate surface area is 211 Å². The molecule has 0 unspecified atom stereocenters. The molecule has 1 fully saturated rings. The van der Waals surface area contributed by atoms with Crippen LogP contribution < -0.4 is 10.5 Å². The van der Waals surface area contributed by atoms with E-state index >= 15 is 0 Å². The van der Waals surface area contributed by atoms with E-state index in [1.165, 1.54) is 5.56 Å². The standard InChI is InChI=1S/C24H29N5O3.2ClH/c1-18-8-9-25-22(16-18)27-14-12-26(13-15-27)10-3-11-28-23(30)17-19(2)29(28)21-6-4-20(5-7-21)24(31)32;;/h4-9,16-17H,3,10-15H2,1-2H3,(H,31,32);2*1H. The fourth-order valence-electron chi connectivity index (χ4n) is 4.24. The maximum absolute atomic E-state index is 12.5. The summed E-state index contributed by atoms with van der Waals surface area (Å²) >= 11 is 0. The lowest BCUT2D eigenvalue weighted by atomic mass is 10.2. The molecule has 10 heteroatoms. The zero-order valence-corrected chi connectivity index (χ0v) is 21.0. The summed E-state index contributed by atoms with van der Waals surface area (Å²) in [5.41, 5.74) is 3.03. The van der Waals surface area contributed by atoms with Gasteiger partial charge in [-0.05, 0) is 62.2 Å². The van der Waals surface area contributed by atoms with Crippen LogP contribution in [0.3, 0.4) is 0 Å². The van der Waals surface area contributed by atoms with E-state index in [-0.39, 0.29) is 35.9 Å². The SMILES string of the molecule is Cc1ccnc(N2CCN(CCCn3c(=O)cc(C)n3-c3ccc(C(=O)O)cc3)CC2)c1.Cl.Cl. The number of carbonyl (C=O) groups is 1. The second kappa shape index (κ2) is 12.1. The van der Waals surface area contributed by atoms with Gasteiger partial charge in [-0.2, -0.15) is 0 Å². The van der Waals surface area contributed by atoms with Crippen LogP contribution in [-0.2, 0) is 6.54 Å². The molecule has 1 aromatic carbocycles. The fraction of sp³-hybridized carbons (Fsp3) is 0.375. The number of hydrogen-bond donors (Lipinski definition) is 1. The van der Waals surface area contributed by atoms with Crippen molar-refractivity contribution in [3.8, 4) is 5.69 Å². The summed E-state index contributed by atoms with van der Waals surface area (Å²) in [4.78, 5) is 32.9. The van der Waals surface area contributed by atoms with Crippen molar-refractivity contribution in [2.75, 3.05) is 37.6 Å². The lowest BCUT2D eigenvalue weighted by molar-refractivity contribution is 0.0697. The van der Waals surface area contributed by atoms with Crippen molar-refractivity contribution in [3.05, 3.63) is 75.8 Å². The highest BCUT2D eigenvalue weighted by molar-refractivity contribution is 5.87. The molecule has 1 aliphatic rings. The van der Waals surface area contributed by atoms with Crippen molar-refractivity contribution in [2.24, 2.45) is 0 Å². The number of carboxylic acids is 1. The van der Waals surface area contributed by atoms with Gasteiger partial charge < -0.3 is 10.0 Å². The molecule has 1 N–H and O–H groups in total. The van der Waals surface area contributed by atoms with Gasteiger partial charge >= 0.3 is 5.97 Å². The second-order valence-corrected chi connectivity index (χ2v) is 8.28. The maximum atomic E-state index is 12.5. The number of anilines is 1. The van der Waals surface area contributed by atoms with Crippen LogP contribution in [0.2, 0.25) is 0 Å². The quantitative estimate of drug-likeness (QED) is 0.527. The third-order valence-corrected chi connectivity index (χ3v) is 5.96. The van der Waals surface area contributed by atoms with E-state index in [1.54, 1.807) is 35.0 Å².